The molecule has 1 unspecified atom stereocenters. The number of fused-ring (bicyclic) bond motifs is 1. The molecule has 0 aliphatic carbocycles. The number of para-hydroxylation sites is 2. The molecule has 2 rings (SSSR count). The summed E-state index contributed by atoms with van der Waals surface area (Å²) in [5.74, 6) is 1.67. The van der Waals surface area contributed by atoms with E-state index in [-0.39, 0.29) is 6.10 Å². The fourth-order valence-corrected chi connectivity index (χ4v) is 1.81. The van der Waals surface area contributed by atoms with Gasteiger partial charge in [0.2, 0.25) is 0 Å². The first-order valence-electron chi connectivity index (χ1n) is 5.56. The Hall–Kier alpha value is -1.26. The van der Waals surface area contributed by atoms with Crippen LogP contribution in [0.4, 0.5) is 0 Å². The standard InChI is InChI=1S/C12H18N2O2/c1-14(7-6-13)8-10-9-15-11-4-2-3-5-12(11)16-10/h2-5,10H,6-9,13H2,1H3. The van der Waals surface area contributed by atoms with Crippen LogP contribution in [-0.4, -0.2) is 44.3 Å². The van der Waals surface area contributed by atoms with Gasteiger partial charge in [-0.3, -0.25) is 0 Å². The normalized spacial score (nSPS) is 18.8. The highest BCUT2D eigenvalue weighted by atomic mass is 16.6. The van der Waals surface area contributed by atoms with Crippen molar-refractivity contribution in [3.8, 4) is 11.5 Å². The van der Waals surface area contributed by atoms with Crippen LogP contribution in [0.15, 0.2) is 24.3 Å². The number of nitrogens with two attached hydrogens (primary N) is 1. The van der Waals surface area contributed by atoms with Crippen molar-refractivity contribution >= 4 is 0 Å². The van der Waals surface area contributed by atoms with Crippen molar-refractivity contribution < 1.29 is 9.47 Å². The molecule has 1 aliphatic heterocycles. The van der Waals surface area contributed by atoms with E-state index in [0.717, 1.165) is 24.6 Å². The molecule has 0 saturated carbocycles. The summed E-state index contributed by atoms with van der Waals surface area (Å²) < 4.78 is 11.5. The monoisotopic (exact) mass is 222 g/mol. The highest BCUT2D eigenvalue weighted by molar-refractivity contribution is 5.40. The molecule has 2 N–H and O–H groups in total. The van der Waals surface area contributed by atoms with Crippen molar-refractivity contribution in [3.63, 3.8) is 0 Å². The van der Waals surface area contributed by atoms with Gasteiger partial charge in [0.25, 0.3) is 0 Å². The minimum atomic E-state index is 0.0893. The smallest absolute Gasteiger partial charge is 0.161 e. The lowest BCUT2D eigenvalue weighted by Gasteiger charge is -2.29. The SMILES string of the molecule is CN(CCN)CC1COc2ccccc2O1. The molecular weight excluding hydrogens is 204 g/mol. The Bertz CT molecular complexity index is 344. The van der Waals surface area contributed by atoms with Crippen LogP contribution in [0.2, 0.25) is 0 Å². The molecule has 4 nitrogen and oxygen atoms in total. The van der Waals surface area contributed by atoms with Gasteiger partial charge in [0, 0.05) is 19.6 Å². The predicted molar refractivity (Wildman–Crippen MR) is 62.9 cm³/mol. The highest BCUT2D eigenvalue weighted by Crippen LogP contribution is 2.30. The summed E-state index contributed by atoms with van der Waals surface area (Å²) >= 11 is 0. The molecule has 0 radical (unpaired) electrons. The number of hydrogen-bond donors (Lipinski definition) is 1. The Balaban J connectivity index is 1.92. The van der Waals surface area contributed by atoms with Crippen LogP contribution in [0.25, 0.3) is 0 Å². The maximum absolute atomic E-state index is 5.84. The third-order valence-electron chi connectivity index (χ3n) is 2.59. The Kier molecular flexibility index (Phi) is 3.64. The van der Waals surface area contributed by atoms with Gasteiger partial charge in [-0.2, -0.15) is 0 Å². The Morgan fingerprint density at radius 3 is 2.88 bits per heavy atom. The van der Waals surface area contributed by atoms with Crippen molar-refractivity contribution in [2.24, 2.45) is 5.73 Å². The van der Waals surface area contributed by atoms with Crippen LogP contribution in [0, 0.1) is 0 Å². The van der Waals surface area contributed by atoms with Crippen molar-refractivity contribution in [1.29, 1.82) is 0 Å². The number of rotatable bonds is 4. The van der Waals surface area contributed by atoms with Gasteiger partial charge in [-0.05, 0) is 19.2 Å². The van der Waals surface area contributed by atoms with Gasteiger partial charge in [-0.25, -0.2) is 0 Å². The molecule has 16 heavy (non-hydrogen) atoms. The molecule has 0 fully saturated rings. The summed E-state index contributed by atoms with van der Waals surface area (Å²) in [6.45, 7) is 2.99. The predicted octanol–water partition coefficient (Wildman–Crippen LogP) is 0.717. The van der Waals surface area contributed by atoms with Crippen LogP contribution in [0.3, 0.4) is 0 Å². The molecular formula is C12H18N2O2. The van der Waals surface area contributed by atoms with Gasteiger partial charge in [-0.15, -0.1) is 0 Å². The summed E-state index contributed by atoms with van der Waals surface area (Å²) in [6.07, 6.45) is 0.0893. The molecule has 1 aromatic carbocycles. The van der Waals surface area contributed by atoms with Crippen molar-refractivity contribution in [1.82, 2.24) is 4.90 Å². The lowest BCUT2D eigenvalue weighted by atomic mass is 10.2. The second-order valence-electron chi connectivity index (χ2n) is 4.05. The number of hydrogen-bond acceptors (Lipinski definition) is 4. The number of benzene rings is 1. The fraction of sp³-hybridized carbons (Fsp3) is 0.500. The molecule has 4 heteroatoms. The maximum Gasteiger partial charge on any atom is 0.161 e. The van der Waals surface area contributed by atoms with Gasteiger partial charge < -0.3 is 20.1 Å². The molecule has 88 valence electrons. The number of ether oxygens (including phenoxy) is 2. The average Bonchev–Trinajstić information content (AvgIpc) is 2.29. The second-order valence-corrected chi connectivity index (χ2v) is 4.05. The fourth-order valence-electron chi connectivity index (χ4n) is 1.81. The van der Waals surface area contributed by atoms with E-state index in [1.807, 2.05) is 31.3 Å². The zero-order chi connectivity index (χ0) is 11.4. The summed E-state index contributed by atoms with van der Waals surface area (Å²) in [4.78, 5) is 2.15. The number of likely N-dealkylation sites (N-methyl/N-ethyl adjacent to an activating group) is 1. The molecule has 0 amide bonds. The first-order valence-corrected chi connectivity index (χ1v) is 5.56. The van der Waals surface area contributed by atoms with E-state index in [9.17, 15) is 0 Å². The minimum Gasteiger partial charge on any atom is -0.486 e. The zero-order valence-electron chi connectivity index (χ0n) is 9.56. The van der Waals surface area contributed by atoms with Crippen molar-refractivity contribution in [2.45, 2.75) is 6.10 Å². The van der Waals surface area contributed by atoms with Gasteiger partial charge in [0.15, 0.2) is 11.5 Å². The topological polar surface area (TPSA) is 47.7 Å². The molecule has 0 bridgehead atoms. The Labute approximate surface area is 95.9 Å². The summed E-state index contributed by atoms with van der Waals surface area (Å²) in [5.41, 5.74) is 5.50. The van der Waals surface area contributed by atoms with Gasteiger partial charge in [-0.1, -0.05) is 12.1 Å². The lowest BCUT2D eigenvalue weighted by Crippen LogP contribution is -2.40. The van der Waals surface area contributed by atoms with E-state index in [0.29, 0.717) is 13.2 Å². The number of nitrogens with zero attached hydrogens (tertiary/aromatic N) is 1. The minimum absolute atomic E-state index is 0.0893. The van der Waals surface area contributed by atoms with Crippen LogP contribution in [-0.2, 0) is 0 Å². The van der Waals surface area contributed by atoms with Crippen LogP contribution in [0.1, 0.15) is 0 Å². The maximum atomic E-state index is 5.84. The average molecular weight is 222 g/mol. The summed E-state index contributed by atoms with van der Waals surface area (Å²) in [7, 11) is 2.04. The van der Waals surface area contributed by atoms with Gasteiger partial charge in [0.1, 0.15) is 12.7 Å². The quantitative estimate of drug-likeness (QED) is 0.815. The molecule has 1 heterocycles. The van der Waals surface area contributed by atoms with E-state index in [4.69, 9.17) is 15.2 Å². The van der Waals surface area contributed by atoms with E-state index < -0.39 is 0 Å². The second kappa shape index (κ2) is 5.18. The van der Waals surface area contributed by atoms with E-state index in [1.165, 1.54) is 0 Å². The molecule has 0 spiro atoms. The molecule has 1 atom stereocenters. The third kappa shape index (κ3) is 2.65. The van der Waals surface area contributed by atoms with Crippen molar-refractivity contribution in [2.75, 3.05) is 33.3 Å². The zero-order valence-corrected chi connectivity index (χ0v) is 9.56. The Morgan fingerprint density at radius 2 is 2.12 bits per heavy atom. The lowest BCUT2D eigenvalue weighted by molar-refractivity contribution is 0.0662. The Morgan fingerprint density at radius 1 is 1.38 bits per heavy atom. The van der Waals surface area contributed by atoms with Crippen LogP contribution >= 0.6 is 0 Å². The third-order valence-corrected chi connectivity index (χ3v) is 2.59. The summed E-state index contributed by atoms with van der Waals surface area (Å²) in [6, 6.07) is 7.76. The summed E-state index contributed by atoms with van der Waals surface area (Å²) in [5, 5.41) is 0. The largest absolute Gasteiger partial charge is 0.486 e. The van der Waals surface area contributed by atoms with E-state index >= 15 is 0 Å². The van der Waals surface area contributed by atoms with Gasteiger partial charge in [0.05, 0.1) is 0 Å². The van der Waals surface area contributed by atoms with Gasteiger partial charge >= 0.3 is 0 Å². The highest BCUT2D eigenvalue weighted by Gasteiger charge is 2.21. The molecule has 1 aliphatic rings. The molecule has 1 aromatic rings. The first kappa shape index (κ1) is 11.2. The van der Waals surface area contributed by atoms with Crippen LogP contribution in [0.5, 0.6) is 11.5 Å². The van der Waals surface area contributed by atoms with E-state index in [1.54, 1.807) is 0 Å². The molecule has 0 aromatic heterocycles. The molecule has 0 saturated heterocycles. The van der Waals surface area contributed by atoms with Crippen molar-refractivity contribution in [3.05, 3.63) is 24.3 Å². The first-order chi connectivity index (χ1) is 7.79. The van der Waals surface area contributed by atoms with E-state index in [2.05, 4.69) is 4.90 Å². The van der Waals surface area contributed by atoms with Crippen LogP contribution < -0.4 is 15.2 Å².